The Morgan fingerprint density at radius 3 is 2.89 bits per heavy atom. The van der Waals surface area contributed by atoms with Crippen LogP contribution in [0, 0.1) is 0 Å². The van der Waals surface area contributed by atoms with E-state index in [0.717, 1.165) is 30.5 Å². The summed E-state index contributed by atoms with van der Waals surface area (Å²) >= 11 is 0. The van der Waals surface area contributed by atoms with E-state index in [1.54, 1.807) is 23.4 Å². The number of carbonyl (C=O) groups is 1. The van der Waals surface area contributed by atoms with Crippen molar-refractivity contribution in [2.24, 2.45) is 0 Å². The van der Waals surface area contributed by atoms with E-state index in [0.29, 0.717) is 12.5 Å². The minimum atomic E-state index is -0.319. The fourth-order valence-electron chi connectivity index (χ4n) is 2.95. The molecule has 1 N–H and O–H groups in total. The quantitative estimate of drug-likeness (QED) is 0.542. The van der Waals surface area contributed by atoms with Crippen molar-refractivity contribution >= 4 is 22.9 Å². The van der Waals surface area contributed by atoms with Crippen LogP contribution in [-0.4, -0.2) is 40.0 Å². The predicted molar refractivity (Wildman–Crippen MR) is 100 cm³/mol. The number of nitrogens with zero attached hydrogens (tertiary/aromatic N) is 7. The summed E-state index contributed by atoms with van der Waals surface area (Å²) in [6.45, 7) is 4.16. The van der Waals surface area contributed by atoms with E-state index < -0.39 is 0 Å². The van der Waals surface area contributed by atoms with Gasteiger partial charge < -0.3 is 9.13 Å². The maximum Gasteiger partial charge on any atom is 0.280 e. The lowest BCUT2D eigenvalue weighted by molar-refractivity contribution is 0.102. The Labute approximate surface area is 155 Å². The average Bonchev–Trinajstić information content (AvgIpc) is 3.42. The van der Waals surface area contributed by atoms with E-state index in [-0.39, 0.29) is 11.6 Å². The molecular formula is C18H20N8O. The van der Waals surface area contributed by atoms with Gasteiger partial charge in [0.2, 0.25) is 5.95 Å². The third-order valence-electron chi connectivity index (χ3n) is 4.33. The third kappa shape index (κ3) is 3.57. The van der Waals surface area contributed by atoms with Gasteiger partial charge in [0.05, 0.1) is 23.6 Å². The lowest BCUT2D eigenvalue weighted by Gasteiger charge is -2.10. The second-order valence-electron chi connectivity index (χ2n) is 6.14. The van der Waals surface area contributed by atoms with Gasteiger partial charge in [-0.1, -0.05) is 17.3 Å². The van der Waals surface area contributed by atoms with Crippen molar-refractivity contribution in [1.29, 1.82) is 0 Å². The molecule has 0 unspecified atom stereocenters. The number of nitrogens with one attached hydrogen (secondary N) is 1. The molecule has 27 heavy (non-hydrogen) atoms. The van der Waals surface area contributed by atoms with Crippen molar-refractivity contribution in [2.75, 3.05) is 5.32 Å². The molecular weight excluding hydrogens is 344 g/mol. The fourth-order valence-corrected chi connectivity index (χ4v) is 2.95. The molecule has 0 aliphatic carbocycles. The van der Waals surface area contributed by atoms with Crippen LogP contribution in [0.5, 0.6) is 0 Å². The first-order chi connectivity index (χ1) is 13.2. The number of benzene rings is 1. The molecule has 0 fully saturated rings. The van der Waals surface area contributed by atoms with Gasteiger partial charge in [0.25, 0.3) is 5.91 Å². The largest absolute Gasteiger partial charge is 0.337 e. The molecule has 1 amide bonds. The highest BCUT2D eigenvalue weighted by molar-refractivity contribution is 6.02. The Morgan fingerprint density at radius 1 is 1.22 bits per heavy atom. The number of hydrogen-bond acceptors (Lipinski definition) is 5. The molecule has 3 aromatic heterocycles. The van der Waals surface area contributed by atoms with Gasteiger partial charge in [-0.3, -0.25) is 14.8 Å². The first-order valence-corrected chi connectivity index (χ1v) is 8.87. The zero-order chi connectivity index (χ0) is 18.6. The molecule has 0 spiro atoms. The molecule has 0 aliphatic heterocycles. The molecule has 0 aliphatic rings. The molecule has 3 heterocycles. The van der Waals surface area contributed by atoms with E-state index >= 15 is 0 Å². The summed E-state index contributed by atoms with van der Waals surface area (Å²) in [7, 11) is 0. The number of aromatic nitrogens is 7. The second kappa shape index (κ2) is 7.40. The molecule has 0 atom stereocenters. The van der Waals surface area contributed by atoms with Crippen LogP contribution >= 0.6 is 0 Å². The van der Waals surface area contributed by atoms with Crippen LogP contribution in [-0.2, 0) is 19.6 Å². The van der Waals surface area contributed by atoms with Crippen LogP contribution in [0.25, 0.3) is 11.0 Å². The number of fused-ring (bicyclic) bond motifs is 1. The van der Waals surface area contributed by atoms with Gasteiger partial charge in [0.15, 0.2) is 5.69 Å². The first kappa shape index (κ1) is 17.0. The molecule has 0 saturated carbocycles. The highest BCUT2D eigenvalue weighted by Gasteiger charge is 2.16. The number of aryl methyl sites for hydroxylation is 3. The maximum absolute atomic E-state index is 12.5. The van der Waals surface area contributed by atoms with Crippen LogP contribution in [0.4, 0.5) is 5.95 Å². The van der Waals surface area contributed by atoms with Crippen molar-refractivity contribution in [3.63, 3.8) is 0 Å². The van der Waals surface area contributed by atoms with Crippen LogP contribution in [0.15, 0.2) is 49.2 Å². The molecule has 9 nitrogen and oxygen atoms in total. The van der Waals surface area contributed by atoms with E-state index in [2.05, 4.69) is 25.6 Å². The van der Waals surface area contributed by atoms with E-state index in [1.807, 2.05) is 46.5 Å². The van der Waals surface area contributed by atoms with Gasteiger partial charge >= 0.3 is 0 Å². The van der Waals surface area contributed by atoms with Crippen LogP contribution < -0.4 is 5.32 Å². The smallest absolute Gasteiger partial charge is 0.280 e. The molecule has 4 rings (SSSR count). The monoisotopic (exact) mass is 364 g/mol. The van der Waals surface area contributed by atoms with E-state index in [4.69, 9.17) is 0 Å². The lowest BCUT2D eigenvalue weighted by Crippen LogP contribution is -2.17. The first-order valence-electron chi connectivity index (χ1n) is 8.87. The van der Waals surface area contributed by atoms with E-state index in [1.165, 1.54) is 0 Å². The standard InChI is InChI=1S/C18H20N8O/c1-2-25-12-15(22-23-25)17(27)21-18-20-14-6-3-4-7-16(14)26(18)10-5-9-24-11-8-19-13-24/h3-4,6-8,11-13H,2,5,9-10H2,1H3,(H,20,21,27). The fraction of sp³-hybridized carbons (Fsp3) is 0.278. The highest BCUT2D eigenvalue weighted by Crippen LogP contribution is 2.20. The Kier molecular flexibility index (Phi) is 4.65. The molecule has 0 radical (unpaired) electrons. The molecule has 4 aromatic rings. The Morgan fingerprint density at radius 2 is 2.11 bits per heavy atom. The summed E-state index contributed by atoms with van der Waals surface area (Å²) in [5.74, 6) is 0.193. The van der Waals surface area contributed by atoms with Gasteiger partial charge in [-0.05, 0) is 25.5 Å². The second-order valence-corrected chi connectivity index (χ2v) is 6.14. The number of hydrogen-bond donors (Lipinski definition) is 1. The topological polar surface area (TPSA) is 95.5 Å². The summed E-state index contributed by atoms with van der Waals surface area (Å²) in [5.41, 5.74) is 2.09. The normalized spacial score (nSPS) is 11.1. The highest BCUT2D eigenvalue weighted by atomic mass is 16.2. The average molecular weight is 364 g/mol. The summed E-state index contributed by atoms with van der Waals surface area (Å²) in [6.07, 6.45) is 8.01. The Hall–Kier alpha value is -3.49. The number of rotatable bonds is 7. The Balaban J connectivity index is 1.56. The zero-order valence-corrected chi connectivity index (χ0v) is 15.0. The van der Waals surface area contributed by atoms with E-state index in [9.17, 15) is 4.79 Å². The van der Waals surface area contributed by atoms with Gasteiger partial charge in [-0.15, -0.1) is 5.10 Å². The van der Waals surface area contributed by atoms with Gasteiger partial charge in [-0.2, -0.15) is 0 Å². The molecule has 9 heteroatoms. The zero-order valence-electron chi connectivity index (χ0n) is 15.0. The SMILES string of the molecule is CCn1cc(C(=O)Nc2nc3ccccc3n2CCCn2ccnc2)nn1. The lowest BCUT2D eigenvalue weighted by atomic mass is 10.3. The van der Waals surface area contributed by atoms with Crippen LogP contribution in [0.1, 0.15) is 23.8 Å². The van der Waals surface area contributed by atoms with Crippen molar-refractivity contribution in [3.8, 4) is 0 Å². The van der Waals surface area contributed by atoms with Gasteiger partial charge in [0, 0.05) is 32.0 Å². The summed E-state index contributed by atoms with van der Waals surface area (Å²) in [5, 5.41) is 10.7. The minimum Gasteiger partial charge on any atom is -0.337 e. The van der Waals surface area contributed by atoms with Crippen molar-refractivity contribution in [2.45, 2.75) is 33.0 Å². The number of anilines is 1. The van der Waals surface area contributed by atoms with Gasteiger partial charge in [0.1, 0.15) is 0 Å². The number of carbonyl (C=O) groups excluding carboxylic acids is 1. The van der Waals surface area contributed by atoms with Crippen molar-refractivity contribution in [1.82, 2.24) is 34.1 Å². The van der Waals surface area contributed by atoms with Crippen LogP contribution in [0.3, 0.4) is 0 Å². The van der Waals surface area contributed by atoms with Crippen molar-refractivity contribution in [3.05, 3.63) is 54.9 Å². The summed E-state index contributed by atoms with van der Waals surface area (Å²) in [4.78, 5) is 21.2. The molecule has 1 aromatic carbocycles. The maximum atomic E-state index is 12.5. The van der Waals surface area contributed by atoms with Crippen LogP contribution in [0.2, 0.25) is 0 Å². The summed E-state index contributed by atoms with van der Waals surface area (Å²) < 4.78 is 5.66. The minimum absolute atomic E-state index is 0.272. The summed E-state index contributed by atoms with van der Waals surface area (Å²) in [6, 6.07) is 7.84. The number of amides is 1. The molecule has 0 saturated heterocycles. The predicted octanol–water partition coefficient (Wildman–Crippen LogP) is 2.19. The third-order valence-corrected chi connectivity index (χ3v) is 4.33. The molecule has 138 valence electrons. The number of para-hydroxylation sites is 2. The van der Waals surface area contributed by atoms with Crippen molar-refractivity contribution < 1.29 is 4.79 Å². The van der Waals surface area contributed by atoms with Gasteiger partial charge in [-0.25, -0.2) is 9.97 Å². The number of imidazole rings is 2. The Bertz CT molecular complexity index is 1050. The molecule has 0 bridgehead atoms.